The molecule has 0 radical (unpaired) electrons. The molecule has 0 saturated carbocycles. The highest BCUT2D eigenvalue weighted by Gasteiger charge is 2.51. The minimum Gasteiger partial charge on any atom is -0.493 e. The molecule has 1 aliphatic rings. The van der Waals surface area contributed by atoms with Crippen LogP contribution < -0.4 is 9.47 Å². The lowest BCUT2D eigenvalue weighted by atomic mass is 9.74. The van der Waals surface area contributed by atoms with E-state index >= 15 is 0 Å². The van der Waals surface area contributed by atoms with Crippen molar-refractivity contribution in [2.45, 2.75) is 50.4 Å². The van der Waals surface area contributed by atoms with E-state index in [4.69, 9.17) is 9.47 Å². The standard InChI is InChI=1S/C21H31NO4Si/c1-15(14-27(5,6)7)10-11-21(13-19(23)22(2)20(21)24)16-8-9-17(25-3)18(12-16)26-4/h8-9,12H,1,10-11,13-14H2,2-7H3. The summed E-state index contributed by atoms with van der Waals surface area (Å²) in [4.78, 5) is 26.7. The Kier molecular flexibility index (Phi) is 6.20. The second-order valence-corrected chi connectivity index (χ2v) is 14.0. The number of likely N-dealkylation sites (tertiary alicyclic amines) is 1. The number of nitrogens with zero attached hydrogens (tertiary/aromatic N) is 1. The molecular weight excluding hydrogens is 358 g/mol. The van der Waals surface area contributed by atoms with Crippen LogP contribution in [0.2, 0.25) is 25.7 Å². The van der Waals surface area contributed by atoms with Gasteiger partial charge in [0.2, 0.25) is 11.8 Å². The lowest BCUT2D eigenvalue weighted by Gasteiger charge is -2.29. The van der Waals surface area contributed by atoms with Gasteiger partial charge in [0.25, 0.3) is 0 Å². The highest BCUT2D eigenvalue weighted by atomic mass is 28.3. The van der Waals surface area contributed by atoms with Gasteiger partial charge in [-0.3, -0.25) is 14.5 Å². The number of rotatable bonds is 8. The van der Waals surface area contributed by atoms with Crippen molar-refractivity contribution >= 4 is 19.9 Å². The number of amides is 2. The van der Waals surface area contributed by atoms with Gasteiger partial charge >= 0.3 is 0 Å². The lowest BCUT2D eigenvalue weighted by Crippen LogP contribution is -2.37. The molecule has 1 unspecified atom stereocenters. The summed E-state index contributed by atoms with van der Waals surface area (Å²) in [5.74, 6) is 0.862. The summed E-state index contributed by atoms with van der Waals surface area (Å²) in [5, 5.41) is 0. The van der Waals surface area contributed by atoms with Gasteiger partial charge < -0.3 is 9.47 Å². The van der Waals surface area contributed by atoms with Crippen molar-refractivity contribution in [2.24, 2.45) is 0 Å². The van der Waals surface area contributed by atoms with E-state index in [1.54, 1.807) is 27.3 Å². The van der Waals surface area contributed by atoms with Crippen molar-refractivity contribution in [1.29, 1.82) is 0 Å². The largest absolute Gasteiger partial charge is 0.493 e. The van der Waals surface area contributed by atoms with Crippen LogP contribution in [0.25, 0.3) is 0 Å². The van der Waals surface area contributed by atoms with Gasteiger partial charge in [-0.15, -0.1) is 6.58 Å². The molecule has 0 bridgehead atoms. The molecule has 27 heavy (non-hydrogen) atoms. The average Bonchev–Trinajstić information content (AvgIpc) is 2.82. The van der Waals surface area contributed by atoms with Crippen molar-refractivity contribution < 1.29 is 19.1 Å². The molecule has 1 saturated heterocycles. The Labute approximate surface area is 163 Å². The predicted octanol–water partition coefficient (Wildman–Crippen LogP) is 4.00. The first kappa shape index (κ1) is 21.2. The molecule has 0 aromatic heterocycles. The fourth-order valence-electron chi connectivity index (χ4n) is 3.81. The predicted molar refractivity (Wildman–Crippen MR) is 110 cm³/mol. The summed E-state index contributed by atoms with van der Waals surface area (Å²) in [6.07, 6.45) is 1.48. The number of hydrogen-bond donors (Lipinski definition) is 0. The number of ether oxygens (including phenoxy) is 2. The summed E-state index contributed by atoms with van der Waals surface area (Å²) in [6, 6.07) is 6.51. The van der Waals surface area contributed by atoms with Crippen LogP contribution in [-0.4, -0.2) is 46.1 Å². The number of methoxy groups -OCH3 is 2. The smallest absolute Gasteiger partial charge is 0.240 e. The van der Waals surface area contributed by atoms with Gasteiger partial charge in [-0.1, -0.05) is 31.3 Å². The van der Waals surface area contributed by atoms with Gasteiger partial charge in [-0.2, -0.15) is 0 Å². The number of imide groups is 1. The third kappa shape index (κ3) is 4.43. The van der Waals surface area contributed by atoms with E-state index in [9.17, 15) is 9.59 Å². The molecule has 1 aliphatic heterocycles. The molecule has 1 atom stereocenters. The molecule has 1 aromatic rings. The zero-order chi connectivity index (χ0) is 20.4. The Balaban J connectivity index is 2.39. The molecule has 0 N–H and O–H groups in total. The maximum atomic E-state index is 13.1. The third-order valence-electron chi connectivity index (χ3n) is 5.16. The third-order valence-corrected chi connectivity index (χ3v) is 6.72. The maximum Gasteiger partial charge on any atom is 0.240 e. The SMILES string of the molecule is C=C(CCC1(c2ccc(OC)c(OC)c2)CC(=O)N(C)C1=O)C[Si](C)(C)C. The van der Waals surface area contributed by atoms with Crippen LogP contribution in [0, 0.1) is 0 Å². The Hall–Kier alpha value is -2.08. The highest BCUT2D eigenvalue weighted by molar-refractivity contribution is 6.76. The summed E-state index contributed by atoms with van der Waals surface area (Å²) in [6.45, 7) is 11.1. The summed E-state index contributed by atoms with van der Waals surface area (Å²) >= 11 is 0. The molecule has 5 nitrogen and oxygen atoms in total. The number of benzene rings is 1. The van der Waals surface area contributed by atoms with Crippen molar-refractivity contribution in [3.05, 3.63) is 35.9 Å². The summed E-state index contributed by atoms with van der Waals surface area (Å²) in [5.41, 5.74) is 1.08. The zero-order valence-corrected chi connectivity index (χ0v) is 18.3. The quantitative estimate of drug-likeness (QED) is 0.383. The first-order valence-electron chi connectivity index (χ1n) is 9.24. The summed E-state index contributed by atoms with van der Waals surface area (Å²) in [7, 11) is 3.43. The number of allylic oxidation sites excluding steroid dienone is 1. The molecule has 2 rings (SSSR count). The van der Waals surface area contributed by atoms with E-state index in [0.29, 0.717) is 17.9 Å². The van der Waals surface area contributed by atoms with E-state index in [1.165, 1.54) is 4.90 Å². The minimum atomic E-state index is -1.27. The van der Waals surface area contributed by atoms with Gasteiger partial charge in [0.1, 0.15) is 0 Å². The molecule has 0 spiro atoms. The summed E-state index contributed by atoms with van der Waals surface area (Å²) < 4.78 is 10.7. The number of hydrogen-bond acceptors (Lipinski definition) is 4. The van der Waals surface area contributed by atoms with Gasteiger partial charge in [-0.05, 0) is 36.6 Å². The molecule has 1 aromatic carbocycles. The minimum absolute atomic E-state index is 0.148. The van der Waals surface area contributed by atoms with Crippen molar-refractivity contribution in [3.63, 3.8) is 0 Å². The second kappa shape index (κ2) is 7.88. The monoisotopic (exact) mass is 389 g/mol. The Morgan fingerprint density at radius 2 is 1.81 bits per heavy atom. The average molecular weight is 390 g/mol. The number of likely N-dealkylation sites (N-methyl/N-ethyl adjacent to an activating group) is 1. The lowest BCUT2D eigenvalue weighted by molar-refractivity contribution is -0.138. The Bertz CT molecular complexity index is 753. The Morgan fingerprint density at radius 1 is 1.19 bits per heavy atom. The van der Waals surface area contributed by atoms with Crippen LogP contribution in [0.15, 0.2) is 30.4 Å². The second-order valence-electron chi connectivity index (χ2n) is 8.57. The van der Waals surface area contributed by atoms with Gasteiger partial charge in [0.15, 0.2) is 11.5 Å². The highest BCUT2D eigenvalue weighted by Crippen LogP contribution is 2.44. The molecule has 6 heteroatoms. The fraction of sp³-hybridized carbons (Fsp3) is 0.524. The Morgan fingerprint density at radius 3 is 2.30 bits per heavy atom. The van der Waals surface area contributed by atoms with Gasteiger partial charge in [0.05, 0.1) is 19.6 Å². The van der Waals surface area contributed by atoms with E-state index in [0.717, 1.165) is 23.6 Å². The van der Waals surface area contributed by atoms with Crippen LogP contribution in [0.3, 0.4) is 0 Å². The van der Waals surface area contributed by atoms with Crippen LogP contribution in [-0.2, 0) is 15.0 Å². The first-order valence-corrected chi connectivity index (χ1v) is 12.9. The molecule has 148 valence electrons. The molecule has 1 heterocycles. The zero-order valence-electron chi connectivity index (χ0n) is 17.3. The number of carbonyl (C=O) groups excluding carboxylic acids is 2. The van der Waals surface area contributed by atoms with Crippen molar-refractivity contribution in [2.75, 3.05) is 21.3 Å². The maximum absolute atomic E-state index is 13.1. The van der Waals surface area contributed by atoms with E-state index in [1.807, 2.05) is 12.1 Å². The molecule has 2 amide bonds. The van der Waals surface area contributed by atoms with Crippen LogP contribution in [0.5, 0.6) is 11.5 Å². The van der Waals surface area contributed by atoms with E-state index in [2.05, 4.69) is 26.2 Å². The molecular formula is C21H31NO4Si. The van der Waals surface area contributed by atoms with E-state index < -0.39 is 13.5 Å². The normalized spacial score (nSPS) is 20.1. The van der Waals surface area contributed by atoms with E-state index in [-0.39, 0.29) is 18.2 Å². The van der Waals surface area contributed by atoms with Crippen LogP contribution in [0.4, 0.5) is 0 Å². The van der Waals surface area contributed by atoms with Crippen LogP contribution >= 0.6 is 0 Å². The number of carbonyl (C=O) groups is 2. The fourth-order valence-corrected chi connectivity index (χ4v) is 5.49. The van der Waals surface area contributed by atoms with Crippen molar-refractivity contribution in [1.82, 2.24) is 4.90 Å². The molecule has 1 fully saturated rings. The topological polar surface area (TPSA) is 55.8 Å². The van der Waals surface area contributed by atoms with Crippen LogP contribution in [0.1, 0.15) is 24.8 Å². The first-order chi connectivity index (χ1) is 12.5. The van der Waals surface area contributed by atoms with Crippen molar-refractivity contribution in [3.8, 4) is 11.5 Å². The molecule has 0 aliphatic carbocycles. The van der Waals surface area contributed by atoms with Gasteiger partial charge in [0, 0.05) is 21.5 Å². The van der Waals surface area contributed by atoms with Gasteiger partial charge in [-0.25, -0.2) is 0 Å².